The lowest BCUT2D eigenvalue weighted by molar-refractivity contribution is 0.237. The van der Waals surface area contributed by atoms with Gasteiger partial charge in [0.2, 0.25) is 0 Å². The van der Waals surface area contributed by atoms with Crippen LogP contribution in [0, 0.1) is 0 Å². The molecular formula is C13H21BrN2O2. The SMILES string of the molecule is COc1ccc(Br)cc1C(CO)NCCN(C)C. The molecule has 2 N–H and O–H groups in total. The maximum atomic E-state index is 9.51. The van der Waals surface area contributed by atoms with Crippen LogP contribution in [0.1, 0.15) is 11.6 Å². The number of nitrogens with one attached hydrogen (secondary N) is 1. The third-order valence-electron chi connectivity index (χ3n) is 2.70. The number of hydrogen-bond donors (Lipinski definition) is 2. The number of methoxy groups -OCH3 is 1. The molecule has 0 aliphatic heterocycles. The van der Waals surface area contributed by atoms with E-state index in [9.17, 15) is 5.11 Å². The van der Waals surface area contributed by atoms with Gasteiger partial charge in [-0.15, -0.1) is 0 Å². The number of likely N-dealkylation sites (N-methyl/N-ethyl adjacent to an activating group) is 1. The highest BCUT2D eigenvalue weighted by Crippen LogP contribution is 2.28. The molecule has 0 spiro atoms. The maximum Gasteiger partial charge on any atom is 0.123 e. The van der Waals surface area contributed by atoms with Gasteiger partial charge in [0.1, 0.15) is 5.75 Å². The van der Waals surface area contributed by atoms with Crippen LogP contribution >= 0.6 is 15.9 Å². The smallest absolute Gasteiger partial charge is 0.123 e. The van der Waals surface area contributed by atoms with Crippen LogP contribution in [0.25, 0.3) is 0 Å². The van der Waals surface area contributed by atoms with Crippen LogP contribution in [0.5, 0.6) is 5.75 Å². The zero-order valence-electron chi connectivity index (χ0n) is 11.1. The van der Waals surface area contributed by atoms with Crippen LogP contribution in [0.4, 0.5) is 0 Å². The summed E-state index contributed by atoms with van der Waals surface area (Å²) in [6.07, 6.45) is 0. The first kappa shape index (κ1) is 15.4. The molecule has 1 aromatic rings. The van der Waals surface area contributed by atoms with Crippen molar-refractivity contribution >= 4 is 15.9 Å². The number of hydrogen-bond acceptors (Lipinski definition) is 4. The van der Waals surface area contributed by atoms with Crippen molar-refractivity contribution in [3.63, 3.8) is 0 Å². The maximum absolute atomic E-state index is 9.51. The minimum atomic E-state index is -0.114. The third kappa shape index (κ3) is 4.57. The number of rotatable bonds is 7. The molecule has 0 saturated carbocycles. The first-order valence-corrected chi connectivity index (χ1v) is 6.70. The first-order chi connectivity index (χ1) is 8.58. The summed E-state index contributed by atoms with van der Waals surface area (Å²) in [4.78, 5) is 2.10. The second-order valence-corrected chi connectivity index (χ2v) is 5.29. The minimum Gasteiger partial charge on any atom is -0.496 e. The summed E-state index contributed by atoms with van der Waals surface area (Å²) in [6, 6.07) is 5.69. The standard InChI is InChI=1S/C13H21BrN2O2/c1-16(2)7-6-15-12(9-17)11-8-10(14)4-5-13(11)18-3/h4-5,8,12,15,17H,6-7,9H2,1-3H3. The van der Waals surface area contributed by atoms with Crippen LogP contribution in [-0.4, -0.2) is 50.9 Å². The van der Waals surface area contributed by atoms with Crippen molar-refractivity contribution in [2.75, 3.05) is 40.9 Å². The van der Waals surface area contributed by atoms with E-state index in [-0.39, 0.29) is 12.6 Å². The van der Waals surface area contributed by atoms with E-state index >= 15 is 0 Å². The van der Waals surface area contributed by atoms with Crippen LogP contribution in [-0.2, 0) is 0 Å². The van der Waals surface area contributed by atoms with Gasteiger partial charge in [-0.1, -0.05) is 15.9 Å². The minimum absolute atomic E-state index is 0.0419. The number of nitrogens with zero attached hydrogens (tertiary/aromatic N) is 1. The summed E-state index contributed by atoms with van der Waals surface area (Å²) in [5.41, 5.74) is 0.966. The molecule has 0 amide bonds. The van der Waals surface area contributed by atoms with Gasteiger partial charge in [-0.3, -0.25) is 0 Å². The van der Waals surface area contributed by atoms with Gasteiger partial charge in [0.25, 0.3) is 0 Å². The molecule has 1 atom stereocenters. The van der Waals surface area contributed by atoms with Crippen molar-refractivity contribution in [2.24, 2.45) is 0 Å². The molecule has 1 rings (SSSR count). The van der Waals surface area contributed by atoms with E-state index in [0.717, 1.165) is 28.9 Å². The summed E-state index contributed by atoms with van der Waals surface area (Å²) in [7, 11) is 5.69. The van der Waals surface area contributed by atoms with Gasteiger partial charge in [0, 0.05) is 23.1 Å². The Labute approximate surface area is 117 Å². The Bertz CT molecular complexity index is 372. The highest BCUT2D eigenvalue weighted by Gasteiger charge is 2.15. The monoisotopic (exact) mass is 316 g/mol. The fourth-order valence-corrected chi connectivity index (χ4v) is 2.09. The molecule has 102 valence electrons. The number of benzene rings is 1. The van der Waals surface area contributed by atoms with Gasteiger partial charge in [-0.2, -0.15) is 0 Å². The molecule has 4 nitrogen and oxygen atoms in total. The first-order valence-electron chi connectivity index (χ1n) is 5.91. The van der Waals surface area contributed by atoms with Crippen molar-refractivity contribution in [3.05, 3.63) is 28.2 Å². The number of aliphatic hydroxyl groups excluding tert-OH is 1. The van der Waals surface area contributed by atoms with Crippen molar-refractivity contribution in [2.45, 2.75) is 6.04 Å². The molecule has 0 heterocycles. The van der Waals surface area contributed by atoms with E-state index < -0.39 is 0 Å². The van der Waals surface area contributed by atoms with Gasteiger partial charge in [-0.05, 0) is 32.3 Å². The quantitative estimate of drug-likeness (QED) is 0.803. The molecule has 1 unspecified atom stereocenters. The van der Waals surface area contributed by atoms with Crippen LogP contribution < -0.4 is 10.1 Å². The van der Waals surface area contributed by atoms with Crippen LogP contribution in [0.15, 0.2) is 22.7 Å². The van der Waals surface area contributed by atoms with Crippen molar-refractivity contribution in [3.8, 4) is 5.75 Å². The topological polar surface area (TPSA) is 44.7 Å². The molecule has 1 aromatic carbocycles. The summed E-state index contributed by atoms with van der Waals surface area (Å²) in [5, 5.41) is 12.8. The lowest BCUT2D eigenvalue weighted by Crippen LogP contribution is -2.31. The lowest BCUT2D eigenvalue weighted by atomic mass is 10.1. The number of halogens is 1. The Balaban J connectivity index is 2.77. The molecule has 0 aliphatic rings. The zero-order chi connectivity index (χ0) is 13.5. The predicted octanol–water partition coefficient (Wildman–Crippen LogP) is 1.64. The highest BCUT2D eigenvalue weighted by atomic mass is 79.9. The van der Waals surface area contributed by atoms with E-state index in [4.69, 9.17) is 4.74 Å². The number of ether oxygens (including phenoxy) is 1. The Morgan fingerprint density at radius 3 is 2.72 bits per heavy atom. The van der Waals surface area contributed by atoms with Gasteiger partial charge >= 0.3 is 0 Å². The van der Waals surface area contributed by atoms with Crippen LogP contribution in [0.2, 0.25) is 0 Å². The summed E-state index contributed by atoms with van der Waals surface area (Å²) in [5.74, 6) is 0.787. The molecule has 0 aromatic heterocycles. The van der Waals surface area contributed by atoms with Crippen molar-refractivity contribution < 1.29 is 9.84 Å². The Hall–Kier alpha value is -0.620. The molecule has 5 heteroatoms. The largest absolute Gasteiger partial charge is 0.496 e. The molecule has 0 fully saturated rings. The van der Waals surface area contributed by atoms with E-state index in [1.165, 1.54) is 0 Å². The fraction of sp³-hybridized carbons (Fsp3) is 0.538. The van der Waals surface area contributed by atoms with Gasteiger partial charge in [0.15, 0.2) is 0 Å². The third-order valence-corrected chi connectivity index (χ3v) is 3.19. The Morgan fingerprint density at radius 1 is 1.44 bits per heavy atom. The second kappa shape index (κ2) is 7.74. The van der Waals surface area contributed by atoms with Crippen molar-refractivity contribution in [1.82, 2.24) is 10.2 Å². The normalized spacial score (nSPS) is 12.8. The second-order valence-electron chi connectivity index (χ2n) is 4.38. The lowest BCUT2D eigenvalue weighted by Gasteiger charge is -2.20. The Morgan fingerprint density at radius 2 is 2.17 bits per heavy atom. The van der Waals surface area contributed by atoms with E-state index in [1.807, 2.05) is 32.3 Å². The van der Waals surface area contributed by atoms with Crippen molar-refractivity contribution in [1.29, 1.82) is 0 Å². The van der Waals surface area contributed by atoms with Gasteiger partial charge < -0.3 is 20.1 Å². The van der Waals surface area contributed by atoms with E-state index in [2.05, 4.69) is 26.1 Å². The fourth-order valence-electron chi connectivity index (χ4n) is 1.71. The predicted molar refractivity (Wildman–Crippen MR) is 77.1 cm³/mol. The average Bonchev–Trinajstić information content (AvgIpc) is 2.34. The Kier molecular flexibility index (Phi) is 6.63. The molecular weight excluding hydrogens is 296 g/mol. The zero-order valence-corrected chi connectivity index (χ0v) is 12.7. The summed E-state index contributed by atoms with van der Waals surface area (Å²) < 4.78 is 6.31. The molecule has 0 bridgehead atoms. The average molecular weight is 317 g/mol. The summed E-state index contributed by atoms with van der Waals surface area (Å²) in [6.45, 7) is 1.78. The van der Waals surface area contributed by atoms with Crippen LogP contribution in [0.3, 0.4) is 0 Å². The molecule has 18 heavy (non-hydrogen) atoms. The molecule has 0 saturated heterocycles. The molecule has 0 aliphatic carbocycles. The summed E-state index contributed by atoms with van der Waals surface area (Å²) >= 11 is 3.44. The van der Waals surface area contributed by atoms with E-state index in [1.54, 1.807) is 7.11 Å². The van der Waals surface area contributed by atoms with Gasteiger partial charge in [-0.25, -0.2) is 0 Å². The van der Waals surface area contributed by atoms with E-state index in [0.29, 0.717) is 0 Å². The number of aliphatic hydroxyl groups is 1. The van der Waals surface area contributed by atoms with Gasteiger partial charge in [0.05, 0.1) is 19.8 Å². The molecule has 0 radical (unpaired) electrons. The highest BCUT2D eigenvalue weighted by molar-refractivity contribution is 9.10.